The molecule has 0 bridgehead atoms. The fourth-order valence-electron chi connectivity index (χ4n) is 2.31. The van der Waals surface area contributed by atoms with Crippen LogP contribution in [0.25, 0.3) is 0 Å². The molecule has 3 nitrogen and oxygen atoms in total. The van der Waals surface area contributed by atoms with Gasteiger partial charge in [0, 0.05) is 10.5 Å². The second kappa shape index (κ2) is 9.69. The third kappa shape index (κ3) is 5.55. The monoisotopic (exact) mass is 483 g/mol. The molecule has 0 aliphatic rings. The molecule has 0 fully saturated rings. The molecule has 0 spiro atoms. The molecular formula is C20H16BrCl2NO2S. The standard InChI is InChI=1S/C20H16BrCl2NO2S/c1-2-27-18-10-19(26-20-15(22)8-14(21)9-16(20)23)24-11-17(18)25-12-13-6-4-3-5-7-13/h3-11H,2,12H2,1H3. The first-order valence-corrected chi connectivity index (χ1v) is 10.7. The van der Waals surface area contributed by atoms with Gasteiger partial charge < -0.3 is 9.47 Å². The average molecular weight is 485 g/mol. The minimum absolute atomic E-state index is 0.374. The summed E-state index contributed by atoms with van der Waals surface area (Å²) in [6, 6.07) is 15.3. The first-order chi connectivity index (χ1) is 13.1. The number of thioether (sulfide) groups is 1. The van der Waals surface area contributed by atoms with Crippen LogP contribution in [0, 0.1) is 0 Å². The normalized spacial score (nSPS) is 10.7. The highest BCUT2D eigenvalue weighted by Gasteiger charge is 2.13. The highest BCUT2D eigenvalue weighted by molar-refractivity contribution is 9.10. The molecule has 140 valence electrons. The second-order valence-electron chi connectivity index (χ2n) is 5.48. The van der Waals surface area contributed by atoms with Crippen LogP contribution in [0.15, 0.2) is 64.1 Å². The predicted octanol–water partition coefficient (Wildman–Crippen LogP) is 7.63. The number of aromatic nitrogens is 1. The Hall–Kier alpha value is -1.40. The number of halogens is 3. The number of ether oxygens (including phenoxy) is 2. The third-order valence-electron chi connectivity index (χ3n) is 3.51. The minimum atomic E-state index is 0.374. The van der Waals surface area contributed by atoms with E-state index in [0.717, 1.165) is 20.7 Å². The van der Waals surface area contributed by atoms with Gasteiger partial charge >= 0.3 is 0 Å². The maximum atomic E-state index is 6.24. The van der Waals surface area contributed by atoms with Crippen LogP contribution < -0.4 is 9.47 Å². The SMILES string of the molecule is CCSc1cc(Oc2c(Cl)cc(Br)cc2Cl)ncc1OCc1ccccc1. The average Bonchev–Trinajstić information content (AvgIpc) is 2.65. The zero-order valence-electron chi connectivity index (χ0n) is 14.4. The fraction of sp³-hybridized carbons (Fsp3) is 0.150. The summed E-state index contributed by atoms with van der Waals surface area (Å²) >= 11 is 17.5. The minimum Gasteiger partial charge on any atom is -0.486 e. The molecule has 1 aromatic heterocycles. The molecule has 0 aliphatic carbocycles. The summed E-state index contributed by atoms with van der Waals surface area (Å²) in [5.41, 5.74) is 1.10. The van der Waals surface area contributed by atoms with E-state index in [1.807, 2.05) is 36.4 Å². The van der Waals surface area contributed by atoms with Crippen molar-refractivity contribution in [3.8, 4) is 17.4 Å². The summed E-state index contributed by atoms with van der Waals surface area (Å²) in [5, 5.41) is 0.815. The van der Waals surface area contributed by atoms with E-state index in [0.29, 0.717) is 34.0 Å². The Labute approximate surface area is 181 Å². The molecule has 0 N–H and O–H groups in total. The number of hydrogen-bond acceptors (Lipinski definition) is 4. The van der Waals surface area contributed by atoms with Crippen molar-refractivity contribution >= 4 is 50.9 Å². The summed E-state index contributed by atoms with van der Waals surface area (Å²) in [6.45, 7) is 2.55. The van der Waals surface area contributed by atoms with E-state index in [1.165, 1.54) is 0 Å². The molecule has 0 saturated carbocycles. The third-order valence-corrected chi connectivity index (χ3v) is 5.45. The molecular weight excluding hydrogens is 469 g/mol. The molecule has 2 aromatic carbocycles. The summed E-state index contributed by atoms with van der Waals surface area (Å²) in [5.74, 6) is 2.39. The van der Waals surface area contributed by atoms with E-state index in [4.69, 9.17) is 32.7 Å². The van der Waals surface area contributed by atoms with Crippen molar-refractivity contribution in [2.45, 2.75) is 18.4 Å². The molecule has 0 atom stereocenters. The van der Waals surface area contributed by atoms with E-state index in [9.17, 15) is 0 Å². The highest BCUT2D eigenvalue weighted by Crippen LogP contribution is 2.40. The molecule has 0 saturated heterocycles. The van der Waals surface area contributed by atoms with Gasteiger partial charge in [-0.3, -0.25) is 0 Å². The highest BCUT2D eigenvalue weighted by atomic mass is 79.9. The Morgan fingerprint density at radius 1 is 1.07 bits per heavy atom. The Balaban J connectivity index is 1.81. The van der Waals surface area contributed by atoms with Crippen molar-refractivity contribution in [1.29, 1.82) is 0 Å². The van der Waals surface area contributed by atoms with Crippen molar-refractivity contribution in [2.75, 3.05) is 5.75 Å². The lowest BCUT2D eigenvalue weighted by Crippen LogP contribution is -1.98. The Morgan fingerprint density at radius 2 is 1.78 bits per heavy atom. The van der Waals surface area contributed by atoms with Gasteiger partial charge in [-0.05, 0) is 23.4 Å². The molecule has 27 heavy (non-hydrogen) atoms. The van der Waals surface area contributed by atoms with Crippen molar-refractivity contribution in [3.05, 3.63) is 74.8 Å². The molecule has 3 aromatic rings. The van der Waals surface area contributed by atoms with Crippen LogP contribution >= 0.6 is 50.9 Å². The van der Waals surface area contributed by atoms with Gasteiger partial charge in [0.1, 0.15) is 6.61 Å². The fourth-order valence-corrected chi connectivity index (χ4v) is 4.34. The predicted molar refractivity (Wildman–Crippen MR) is 116 cm³/mol. The van der Waals surface area contributed by atoms with E-state index >= 15 is 0 Å². The zero-order chi connectivity index (χ0) is 19.2. The van der Waals surface area contributed by atoms with Gasteiger partial charge in [0.05, 0.1) is 21.1 Å². The Morgan fingerprint density at radius 3 is 2.44 bits per heavy atom. The lowest BCUT2D eigenvalue weighted by Gasteiger charge is -2.13. The van der Waals surface area contributed by atoms with Gasteiger partial charge in [-0.1, -0.05) is 76.4 Å². The zero-order valence-corrected chi connectivity index (χ0v) is 18.3. The molecule has 3 rings (SSSR count). The van der Waals surface area contributed by atoms with Crippen LogP contribution in [0.1, 0.15) is 12.5 Å². The Bertz CT molecular complexity index is 902. The van der Waals surface area contributed by atoms with Gasteiger partial charge in [-0.25, -0.2) is 4.98 Å². The van der Waals surface area contributed by atoms with Gasteiger partial charge in [-0.15, -0.1) is 11.8 Å². The summed E-state index contributed by atoms with van der Waals surface area (Å²) in [7, 11) is 0. The number of nitrogens with zero attached hydrogens (tertiary/aromatic N) is 1. The van der Waals surface area contributed by atoms with Gasteiger partial charge in [0.25, 0.3) is 0 Å². The van der Waals surface area contributed by atoms with Crippen LogP contribution in [0.2, 0.25) is 10.0 Å². The van der Waals surface area contributed by atoms with Crippen LogP contribution in [-0.4, -0.2) is 10.7 Å². The number of hydrogen-bond donors (Lipinski definition) is 0. The molecule has 0 unspecified atom stereocenters. The summed E-state index contributed by atoms with van der Waals surface area (Å²) in [4.78, 5) is 5.29. The van der Waals surface area contributed by atoms with E-state index < -0.39 is 0 Å². The lowest BCUT2D eigenvalue weighted by molar-refractivity contribution is 0.296. The Kier molecular flexibility index (Phi) is 7.30. The largest absolute Gasteiger partial charge is 0.486 e. The van der Waals surface area contributed by atoms with Gasteiger partial charge in [-0.2, -0.15) is 0 Å². The maximum absolute atomic E-state index is 6.24. The number of pyridine rings is 1. The van der Waals surface area contributed by atoms with Crippen molar-refractivity contribution in [1.82, 2.24) is 4.98 Å². The van der Waals surface area contributed by atoms with E-state index in [1.54, 1.807) is 30.1 Å². The number of benzene rings is 2. The second-order valence-corrected chi connectivity index (χ2v) is 8.51. The molecule has 7 heteroatoms. The molecule has 0 radical (unpaired) electrons. The van der Waals surface area contributed by atoms with Crippen LogP contribution in [0.4, 0.5) is 0 Å². The van der Waals surface area contributed by atoms with Crippen LogP contribution in [0.5, 0.6) is 17.4 Å². The first-order valence-electron chi connectivity index (χ1n) is 8.18. The van der Waals surface area contributed by atoms with Crippen molar-refractivity contribution in [2.24, 2.45) is 0 Å². The molecule has 1 heterocycles. The van der Waals surface area contributed by atoms with Gasteiger partial charge in [0.2, 0.25) is 5.88 Å². The van der Waals surface area contributed by atoms with Crippen LogP contribution in [0.3, 0.4) is 0 Å². The number of rotatable bonds is 7. The molecule has 0 aliphatic heterocycles. The van der Waals surface area contributed by atoms with Crippen molar-refractivity contribution < 1.29 is 9.47 Å². The van der Waals surface area contributed by atoms with E-state index in [2.05, 4.69) is 27.8 Å². The molecule has 0 amide bonds. The quantitative estimate of drug-likeness (QED) is 0.322. The smallest absolute Gasteiger partial charge is 0.220 e. The lowest BCUT2D eigenvalue weighted by atomic mass is 10.2. The van der Waals surface area contributed by atoms with Gasteiger partial charge in [0.15, 0.2) is 11.5 Å². The maximum Gasteiger partial charge on any atom is 0.220 e. The summed E-state index contributed by atoms with van der Waals surface area (Å²) < 4.78 is 12.6. The topological polar surface area (TPSA) is 31.4 Å². The van der Waals surface area contributed by atoms with E-state index in [-0.39, 0.29) is 0 Å². The summed E-state index contributed by atoms with van der Waals surface area (Å²) in [6.07, 6.45) is 1.66. The van der Waals surface area contributed by atoms with Crippen molar-refractivity contribution in [3.63, 3.8) is 0 Å². The first kappa shape index (κ1) is 20.3. The van der Waals surface area contributed by atoms with Crippen LogP contribution in [-0.2, 0) is 6.61 Å².